The summed E-state index contributed by atoms with van der Waals surface area (Å²) in [4.78, 5) is 25.5. The van der Waals surface area contributed by atoms with Crippen LogP contribution >= 0.6 is 0 Å². The highest BCUT2D eigenvalue weighted by atomic mass is 16.4. The van der Waals surface area contributed by atoms with E-state index in [0.717, 1.165) is 19.3 Å². The molecule has 20 heavy (non-hydrogen) atoms. The molecular weight excluding hydrogens is 258 g/mol. The number of aliphatic hydroxyl groups is 1. The van der Waals surface area contributed by atoms with Crippen LogP contribution in [-0.2, 0) is 9.59 Å². The molecule has 1 rings (SSSR count). The van der Waals surface area contributed by atoms with Crippen LogP contribution in [0, 0.1) is 5.41 Å². The summed E-state index contributed by atoms with van der Waals surface area (Å²) in [6.45, 7) is 5.86. The van der Waals surface area contributed by atoms with Gasteiger partial charge in [0.25, 0.3) is 0 Å². The van der Waals surface area contributed by atoms with Crippen LogP contribution in [0.4, 0.5) is 0 Å². The molecule has 1 amide bonds. The molecule has 0 aromatic carbocycles. The molecule has 0 aliphatic heterocycles. The molecule has 0 bridgehead atoms. The molecule has 1 saturated carbocycles. The van der Waals surface area contributed by atoms with Crippen LogP contribution in [0.15, 0.2) is 0 Å². The van der Waals surface area contributed by atoms with Crippen molar-refractivity contribution >= 4 is 11.9 Å². The van der Waals surface area contributed by atoms with Gasteiger partial charge in [0.15, 0.2) is 0 Å². The van der Waals surface area contributed by atoms with Crippen molar-refractivity contribution in [3.8, 4) is 0 Å². The van der Waals surface area contributed by atoms with Crippen molar-refractivity contribution in [2.24, 2.45) is 5.41 Å². The second-order valence-electron chi connectivity index (χ2n) is 6.54. The average molecular weight is 285 g/mol. The van der Waals surface area contributed by atoms with Crippen LogP contribution in [0.5, 0.6) is 0 Å². The molecule has 2 N–H and O–H groups in total. The molecule has 0 heterocycles. The van der Waals surface area contributed by atoms with E-state index in [4.69, 9.17) is 0 Å². The van der Waals surface area contributed by atoms with Crippen LogP contribution in [0.3, 0.4) is 0 Å². The number of carboxylic acids is 1. The maximum atomic E-state index is 12.4. The van der Waals surface area contributed by atoms with Gasteiger partial charge in [0.1, 0.15) is 0 Å². The first-order valence-electron chi connectivity index (χ1n) is 7.44. The Kier molecular flexibility index (Phi) is 5.57. The van der Waals surface area contributed by atoms with E-state index in [2.05, 4.69) is 0 Å². The van der Waals surface area contributed by atoms with Gasteiger partial charge in [-0.25, -0.2) is 0 Å². The van der Waals surface area contributed by atoms with Crippen molar-refractivity contribution in [3.63, 3.8) is 0 Å². The lowest BCUT2D eigenvalue weighted by atomic mass is 9.71. The number of hydrogen-bond acceptors (Lipinski definition) is 3. The summed E-state index contributed by atoms with van der Waals surface area (Å²) in [5.74, 6) is -1.02. The number of carbonyl (C=O) groups is 2. The quantitative estimate of drug-likeness (QED) is 0.782. The lowest BCUT2D eigenvalue weighted by Crippen LogP contribution is -2.45. The largest absolute Gasteiger partial charge is 0.481 e. The van der Waals surface area contributed by atoms with Crippen LogP contribution in [0.2, 0.25) is 0 Å². The molecule has 1 fully saturated rings. The highest BCUT2D eigenvalue weighted by molar-refractivity contribution is 5.85. The third-order valence-corrected chi connectivity index (χ3v) is 4.07. The van der Waals surface area contributed by atoms with Gasteiger partial charge in [-0.05, 0) is 33.6 Å². The molecule has 1 aliphatic carbocycles. The van der Waals surface area contributed by atoms with E-state index < -0.39 is 17.0 Å². The fourth-order valence-electron chi connectivity index (χ4n) is 2.94. The van der Waals surface area contributed by atoms with Gasteiger partial charge in [0.05, 0.1) is 11.0 Å². The Balaban J connectivity index is 2.77. The third kappa shape index (κ3) is 4.47. The second kappa shape index (κ2) is 6.57. The normalized spacial score (nSPS) is 18.6. The zero-order valence-electron chi connectivity index (χ0n) is 12.8. The minimum atomic E-state index is -0.964. The molecule has 0 aromatic rings. The Morgan fingerprint density at radius 2 is 1.75 bits per heavy atom. The van der Waals surface area contributed by atoms with Gasteiger partial charge in [-0.1, -0.05) is 19.3 Å². The molecule has 0 radical (unpaired) electrons. The molecule has 0 saturated heterocycles. The van der Waals surface area contributed by atoms with Gasteiger partial charge in [0, 0.05) is 19.5 Å². The average Bonchev–Trinajstić information content (AvgIpc) is 2.35. The Hall–Kier alpha value is -1.10. The molecule has 116 valence electrons. The number of nitrogens with zero attached hydrogens (tertiary/aromatic N) is 1. The molecule has 0 aromatic heterocycles. The first-order valence-corrected chi connectivity index (χ1v) is 7.44. The lowest BCUT2D eigenvalue weighted by molar-refractivity contribution is -0.156. The smallest absolute Gasteiger partial charge is 0.310 e. The number of carbonyl (C=O) groups excluding carboxylic acids is 1. The zero-order valence-corrected chi connectivity index (χ0v) is 12.8. The summed E-state index contributed by atoms with van der Waals surface area (Å²) in [7, 11) is 0. The number of amides is 1. The monoisotopic (exact) mass is 285 g/mol. The predicted molar refractivity (Wildman–Crippen MR) is 76.3 cm³/mol. The van der Waals surface area contributed by atoms with Crippen molar-refractivity contribution in [1.82, 2.24) is 4.90 Å². The minimum absolute atomic E-state index is 0.0479. The summed E-state index contributed by atoms with van der Waals surface area (Å²) in [6.07, 6.45) is 3.99. The van der Waals surface area contributed by atoms with Gasteiger partial charge < -0.3 is 15.1 Å². The fraction of sp³-hybridized carbons (Fsp3) is 0.867. The fourth-order valence-corrected chi connectivity index (χ4v) is 2.94. The summed E-state index contributed by atoms with van der Waals surface area (Å²) in [5.41, 5.74) is -1.86. The number of aliphatic carboxylic acids is 1. The summed E-state index contributed by atoms with van der Waals surface area (Å²) in [6, 6.07) is 0. The minimum Gasteiger partial charge on any atom is -0.481 e. The molecule has 5 nitrogen and oxygen atoms in total. The number of likely N-dealkylation sites (N-methyl/N-ethyl adjacent to an activating group) is 1. The van der Waals surface area contributed by atoms with Gasteiger partial charge in [-0.3, -0.25) is 9.59 Å². The second-order valence-corrected chi connectivity index (χ2v) is 6.54. The van der Waals surface area contributed by atoms with Gasteiger partial charge in [0.2, 0.25) is 5.91 Å². The van der Waals surface area contributed by atoms with E-state index in [-0.39, 0.29) is 18.9 Å². The maximum Gasteiger partial charge on any atom is 0.310 e. The summed E-state index contributed by atoms with van der Waals surface area (Å²) in [5, 5.41) is 19.3. The lowest BCUT2D eigenvalue weighted by Gasteiger charge is -2.35. The van der Waals surface area contributed by atoms with E-state index >= 15 is 0 Å². The maximum absolute atomic E-state index is 12.4. The van der Waals surface area contributed by atoms with Crippen LogP contribution in [0.25, 0.3) is 0 Å². The zero-order chi connectivity index (χ0) is 15.4. The third-order valence-electron chi connectivity index (χ3n) is 4.07. The highest BCUT2D eigenvalue weighted by Crippen LogP contribution is 2.40. The predicted octanol–water partition coefficient (Wildman–Crippen LogP) is 2.03. The van der Waals surface area contributed by atoms with Gasteiger partial charge in [-0.15, -0.1) is 0 Å². The van der Waals surface area contributed by atoms with Crippen LogP contribution in [-0.4, -0.2) is 45.7 Å². The van der Waals surface area contributed by atoms with Crippen LogP contribution in [0.1, 0.15) is 59.3 Å². The van der Waals surface area contributed by atoms with Crippen LogP contribution < -0.4 is 0 Å². The van der Waals surface area contributed by atoms with Crippen molar-refractivity contribution in [3.05, 3.63) is 0 Å². The van der Waals surface area contributed by atoms with Gasteiger partial charge >= 0.3 is 5.97 Å². The molecule has 1 aliphatic rings. The molecule has 0 atom stereocenters. The van der Waals surface area contributed by atoms with E-state index in [1.807, 2.05) is 6.92 Å². The van der Waals surface area contributed by atoms with Gasteiger partial charge in [-0.2, -0.15) is 0 Å². The standard InChI is InChI=1S/C15H27NO4/c1-4-16(11-14(2,3)20)12(17)10-15(13(18)19)8-6-5-7-9-15/h20H,4-11H2,1-3H3,(H,18,19). The molecule has 0 spiro atoms. The number of carboxylic acid groups (broad SMARTS) is 1. The highest BCUT2D eigenvalue weighted by Gasteiger charge is 2.42. The molecule has 0 unspecified atom stereocenters. The first-order chi connectivity index (χ1) is 9.20. The Morgan fingerprint density at radius 3 is 2.15 bits per heavy atom. The first kappa shape index (κ1) is 17.0. The summed E-state index contributed by atoms with van der Waals surface area (Å²) < 4.78 is 0. The van der Waals surface area contributed by atoms with E-state index in [1.165, 1.54) is 0 Å². The molecular formula is C15H27NO4. The van der Waals surface area contributed by atoms with Crippen molar-refractivity contribution in [2.45, 2.75) is 64.9 Å². The number of rotatable bonds is 6. The number of hydrogen-bond donors (Lipinski definition) is 2. The van der Waals surface area contributed by atoms with Crippen molar-refractivity contribution < 1.29 is 19.8 Å². The Bertz CT molecular complexity index is 353. The van der Waals surface area contributed by atoms with E-state index in [1.54, 1.807) is 18.7 Å². The molecule has 5 heteroatoms. The topological polar surface area (TPSA) is 77.8 Å². The summed E-state index contributed by atoms with van der Waals surface area (Å²) >= 11 is 0. The van der Waals surface area contributed by atoms with Crippen molar-refractivity contribution in [1.29, 1.82) is 0 Å². The Labute approximate surface area is 121 Å². The van der Waals surface area contributed by atoms with Crippen molar-refractivity contribution in [2.75, 3.05) is 13.1 Å². The Morgan fingerprint density at radius 1 is 1.20 bits per heavy atom. The SMILES string of the molecule is CCN(CC(C)(C)O)C(=O)CC1(C(=O)O)CCCCC1. The van der Waals surface area contributed by atoms with E-state index in [9.17, 15) is 19.8 Å². The van der Waals surface area contributed by atoms with E-state index in [0.29, 0.717) is 19.4 Å².